The lowest BCUT2D eigenvalue weighted by molar-refractivity contribution is -0.150. The number of rotatable bonds is 5. The average Bonchev–Trinajstić information content (AvgIpc) is 2.85. The molecule has 1 heterocycles. The number of carbonyl (C=O) groups is 2. The van der Waals surface area contributed by atoms with Crippen LogP contribution < -0.4 is 10.1 Å². The van der Waals surface area contributed by atoms with Gasteiger partial charge in [0.1, 0.15) is 5.75 Å². The van der Waals surface area contributed by atoms with Crippen molar-refractivity contribution in [1.29, 1.82) is 0 Å². The van der Waals surface area contributed by atoms with Gasteiger partial charge in [0.2, 0.25) is 5.91 Å². The van der Waals surface area contributed by atoms with Crippen LogP contribution in [0.5, 0.6) is 5.75 Å². The number of ether oxygens (including phenoxy) is 1. The third kappa shape index (κ3) is 4.84. The molecule has 188 valence electrons. The van der Waals surface area contributed by atoms with Gasteiger partial charge in [-0.05, 0) is 92.4 Å². The largest absolute Gasteiger partial charge is 0.497 e. The predicted octanol–water partition coefficient (Wildman–Crippen LogP) is 4.27. The number of benzene rings is 1. The maximum Gasteiger partial charge on any atom is 0.251 e. The Bertz CT molecular complexity index is 866. The zero-order valence-electron chi connectivity index (χ0n) is 21.3. The van der Waals surface area contributed by atoms with Crippen LogP contribution in [0.2, 0.25) is 0 Å². The van der Waals surface area contributed by atoms with Crippen LogP contribution in [0.15, 0.2) is 24.3 Å². The molecule has 1 aliphatic heterocycles. The van der Waals surface area contributed by atoms with Gasteiger partial charge < -0.3 is 20.1 Å². The Kier molecular flexibility index (Phi) is 7.56. The molecule has 6 nitrogen and oxygen atoms in total. The molecule has 0 aromatic heterocycles. The zero-order valence-corrected chi connectivity index (χ0v) is 21.3. The summed E-state index contributed by atoms with van der Waals surface area (Å²) < 4.78 is 5.20. The summed E-state index contributed by atoms with van der Waals surface area (Å²) in [6.45, 7) is 8.19. The molecule has 3 fully saturated rings. The molecule has 1 saturated heterocycles. The molecule has 34 heavy (non-hydrogen) atoms. The van der Waals surface area contributed by atoms with Crippen molar-refractivity contribution in [2.75, 3.05) is 20.2 Å². The number of methoxy groups -OCH3 is 1. The fraction of sp³-hybridized carbons (Fsp3) is 0.714. The summed E-state index contributed by atoms with van der Waals surface area (Å²) in [5.74, 6) is 0.862. The normalized spacial score (nSPS) is 34.6. The minimum atomic E-state index is -0.529. The molecule has 2 N–H and O–H groups in total. The van der Waals surface area contributed by atoms with Crippen molar-refractivity contribution >= 4 is 11.8 Å². The fourth-order valence-electron chi connectivity index (χ4n) is 7.08. The molecule has 7 atom stereocenters. The van der Waals surface area contributed by atoms with E-state index < -0.39 is 6.10 Å². The molecule has 6 heteroatoms. The van der Waals surface area contributed by atoms with Crippen molar-refractivity contribution in [3.8, 4) is 5.75 Å². The number of aliphatic hydroxyl groups is 1. The van der Waals surface area contributed by atoms with Gasteiger partial charge in [-0.1, -0.05) is 20.8 Å². The highest BCUT2D eigenvalue weighted by Crippen LogP contribution is 2.55. The van der Waals surface area contributed by atoms with Crippen LogP contribution in [0.1, 0.15) is 76.1 Å². The molecule has 0 bridgehead atoms. The first-order valence-electron chi connectivity index (χ1n) is 13.2. The van der Waals surface area contributed by atoms with Crippen molar-refractivity contribution in [3.05, 3.63) is 29.8 Å². The van der Waals surface area contributed by atoms with E-state index in [2.05, 4.69) is 19.2 Å². The second-order valence-corrected chi connectivity index (χ2v) is 11.3. The molecule has 4 rings (SSSR count). The highest BCUT2D eigenvalue weighted by molar-refractivity contribution is 5.94. The van der Waals surface area contributed by atoms with E-state index >= 15 is 0 Å². The van der Waals surface area contributed by atoms with Gasteiger partial charge in [-0.15, -0.1) is 0 Å². The minimum absolute atomic E-state index is 0.00850. The third-order valence-electron chi connectivity index (χ3n) is 9.26. The average molecular weight is 471 g/mol. The molecule has 1 aromatic carbocycles. The van der Waals surface area contributed by atoms with Crippen LogP contribution in [0, 0.1) is 29.1 Å². The standard InChI is InChI=1S/C28H42N2O4/c1-18(27(33)30-16-6-5-7-17-30)22-12-14-28(3)15-13-23(19(2)24(28)25(22)31)29-26(32)20-8-10-21(34-4)11-9-20/h8-11,18-19,22-25,31H,5-7,12-17H2,1-4H3,(H,29,32)/t18-,19+,22-,23-,24+,25-,28-/m0/s1. The second kappa shape index (κ2) is 10.3. The molecule has 2 aliphatic carbocycles. The monoisotopic (exact) mass is 470 g/mol. The zero-order chi connectivity index (χ0) is 24.5. The van der Waals surface area contributed by atoms with Gasteiger partial charge >= 0.3 is 0 Å². The number of hydrogen-bond donors (Lipinski definition) is 2. The lowest BCUT2D eigenvalue weighted by Crippen LogP contribution is -2.58. The number of fused-ring (bicyclic) bond motifs is 1. The van der Waals surface area contributed by atoms with Gasteiger partial charge in [-0.2, -0.15) is 0 Å². The minimum Gasteiger partial charge on any atom is -0.497 e. The van der Waals surface area contributed by atoms with Crippen molar-refractivity contribution in [1.82, 2.24) is 10.2 Å². The molecule has 2 saturated carbocycles. The molecular formula is C28H42N2O4. The van der Waals surface area contributed by atoms with Gasteiger partial charge in [-0.3, -0.25) is 9.59 Å². The Labute approximate surface area is 204 Å². The Balaban J connectivity index is 1.45. The Morgan fingerprint density at radius 1 is 1.12 bits per heavy atom. The number of aliphatic hydroxyl groups excluding tert-OH is 1. The number of hydrogen-bond acceptors (Lipinski definition) is 4. The van der Waals surface area contributed by atoms with Gasteiger partial charge in [0.05, 0.1) is 13.2 Å². The molecule has 0 radical (unpaired) electrons. The van der Waals surface area contributed by atoms with Crippen LogP contribution in [0.4, 0.5) is 0 Å². The van der Waals surface area contributed by atoms with Crippen LogP contribution in [-0.4, -0.2) is 54.2 Å². The van der Waals surface area contributed by atoms with Gasteiger partial charge in [-0.25, -0.2) is 0 Å². The number of nitrogens with one attached hydrogen (secondary N) is 1. The van der Waals surface area contributed by atoms with E-state index in [4.69, 9.17) is 4.74 Å². The highest BCUT2D eigenvalue weighted by Gasteiger charge is 2.54. The topological polar surface area (TPSA) is 78.9 Å². The highest BCUT2D eigenvalue weighted by atomic mass is 16.5. The number of likely N-dealkylation sites (tertiary alicyclic amines) is 1. The summed E-state index contributed by atoms with van der Waals surface area (Å²) >= 11 is 0. The molecule has 1 aromatic rings. The quantitative estimate of drug-likeness (QED) is 0.674. The Hall–Kier alpha value is -2.08. The van der Waals surface area contributed by atoms with E-state index in [-0.39, 0.29) is 46.9 Å². The number of nitrogens with zero attached hydrogens (tertiary/aromatic N) is 1. The predicted molar refractivity (Wildman–Crippen MR) is 133 cm³/mol. The molecule has 2 amide bonds. The van der Waals surface area contributed by atoms with Crippen LogP contribution in [0.25, 0.3) is 0 Å². The van der Waals surface area contributed by atoms with E-state index in [0.717, 1.165) is 57.4 Å². The third-order valence-corrected chi connectivity index (χ3v) is 9.26. The first-order chi connectivity index (χ1) is 16.2. The number of carbonyl (C=O) groups excluding carboxylic acids is 2. The summed E-state index contributed by atoms with van der Waals surface area (Å²) in [6, 6.07) is 7.17. The van der Waals surface area contributed by atoms with Crippen molar-refractivity contribution in [2.24, 2.45) is 29.1 Å². The number of amides is 2. The van der Waals surface area contributed by atoms with Crippen molar-refractivity contribution in [3.63, 3.8) is 0 Å². The van der Waals surface area contributed by atoms with Gasteiger partial charge in [0, 0.05) is 30.6 Å². The van der Waals surface area contributed by atoms with E-state index in [0.29, 0.717) is 5.56 Å². The summed E-state index contributed by atoms with van der Waals surface area (Å²) in [5.41, 5.74) is 0.661. The summed E-state index contributed by atoms with van der Waals surface area (Å²) in [4.78, 5) is 28.2. The van der Waals surface area contributed by atoms with E-state index in [1.807, 2.05) is 11.8 Å². The maximum absolute atomic E-state index is 13.2. The maximum atomic E-state index is 13.2. The van der Waals surface area contributed by atoms with E-state index in [9.17, 15) is 14.7 Å². The Morgan fingerprint density at radius 2 is 1.76 bits per heavy atom. The summed E-state index contributed by atoms with van der Waals surface area (Å²) in [5, 5.41) is 14.9. The number of piperidine rings is 1. The lowest BCUT2D eigenvalue weighted by Gasteiger charge is -2.56. The molecule has 0 unspecified atom stereocenters. The first kappa shape index (κ1) is 25.0. The summed E-state index contributed by atoms with van der Waals surface area (Å²) in [7, 11) is 1.61. The summed E-state index contributed by atoms with van der Waals surface area (Å²) in [6.07, 6.45) is 6.65. The SMILES string of the molecule is COc1ccc(C(=O)N[C@H]2CC[C@]3(C)CC[C@@H]([C@H](C)C(=O)N4CCCCC4)[C@H](O)[C@H]3[C@@H]2C)cc1. The smallest absolute Gasteiger partial charge is 0.251 e. The lowest BCUT2D eigenvalue weighted by atomic mass is 9.51. The molecule has 0 spiro atoms. The first-order valence-corrected chi connectivity index (χ1v) is 13.2. The van der Waals surface area contributed by atoms with E-state index in [1.54, 1.807) is 31.4 Å². The second-order valence-electron chi connectivity index (χ2n) is 11.3. The van der Waals surface area contributed by atoms with Gasteiger partial charge in [0.15, 0.2) is 0 Å². The van der Waals surface area contributed by atoms with Crippen molar-refractivity contribution in [2.45, 2.75) is 77.9 Å². The fourth-order valence-corrected chi connectivity index (χ4v) is 7.08. The van der Waals surface area contributed by atoms with Crippen LogP contribution in [0.3, 0.4) is 0 Å². The van der Waals surface area contributed by atoms with Crippen LogP contribution >= 0.6 is 0 Å². The van der Waals surface area contributed by atoms with E-state index in [1.165, 1.54) is 6.42 Å². The Morgan fingerprint density at radius 3 is 2.41 bits per heavy atom. The molecular weight excluding hydrogens is 428 g/mol. The van der Waals surface area contributed by atoms with Crippen molar-refractivity contribution < 1.29 is 19.4 Å². The molecule has 3 aliphatic rings. The van der Waals surface area contributed by atoms with Crippen LogP contribution in [-0.2, 0) is 4.79 Å². The van der Waals surface area contributed by atoms with Gasteiger partial charge in [0.25, 0.3) is 5.91 Å².